The van der Waals surface area contributed by atoms with Crippen LogP contribution in [0, 0.1) is 5.92 Å². The standard InChI is InChI=1S/C9H11F3N2O2/c10-9(11,12)6-3-1-2-5(4-6)7-13-14-8(15)16-7/h5-6H,1-4H2,(H,14,15). The Labute approximate surface area is 88.8 Å². The van der Waals surface area contributed by atoms with Gasteiger partial charge in [-0.15, -0.1) is 5.10 Å². The molecule has 0 spiro atoms. The zero-order valence-corrected chi connectivity index (χ0v) is 8.38. The Morgan fingerprint density at radius 1 is 1.38 bits per heavy atom. The van der Waals surface area contributed by atoms with Crippen LogP contribution >= 0.6 is 0 Å². The predicted molar refractivity (Wildman–Crippen MR) is 47.9 cm³/mol. The monoisotopic (exact) mass is 236 g/mol. The summed E-state index contributed by atoms with van der Waals surface area (Å²) in [4.78, 5) is 10.7. The molecule has 4 nitrogen and oxygen atoms in total. The van der Waals surface area contributed by atoms with Crippen LogP contribution in [0.2, 0.25) is 0 Å². The third-order valence-corrected chi connectivity index (χ3v) is 2.94. The molecule has 0 amide bonds. The third kappa shape index (κ3) is 2.28. The summed E-state index contributed by atoms with van der Waals surface area (Å²) in [5, 5.41) is 5.65. The topological polar surface area (TPSA) is 58.9 Å². The molecule has 2 rings (SSSR count). The average Bonchev–Trinajstić information content (AvgIpc) is 2.64. The van der Waals surface area contributed by atoms with Crippen LogP contribution in [0.25, 0.3) is 0 Å². The van der Waals surface area contributed by atoms with E-state index < -0.39 is 23.8 Å². The first kappa shape index (κ1) is 11.2. The van der Waals surface area contributed by atoms with Crippen molar-refractivity contribution in [2.75, 3.05) is 0 Å². The molecular formula is C9H11F3N2O2. The van der Waals surface area contributed by atoms with Crippen molar-refractivity contribution in [3.05, 3.63) is 16.4 Å². The van der Waals surface area contributed by atoms with Gasteiger partial charge in [0.15, 0.2) is 0 Å². The smallest absolute Gasteiger partial charge is 0.392 e. The van der Waals surface area contributed by atoms with Crippen molar-refractivity contribution in [1.82, 2.24) is 10.2 Å². The summed E-state index contributed by atoms with van der Waals surface area (Å²) >= 11 is 0. The molecule has 1 aliphatic carbocycles. The van der Waals surface area contributed by atoms with Crippen LogP contribution in [-0.4, -0.2) is 16.4 Å². The normalized spacial score (nSPS) is 26.9. The highest BCUT2D eigenvalue weighted by atomic mass is 19.4. The Balaban J connectivity index is 2.10. The second kappa shape index (κ2) is 3.95. The van der Waals surface area contributed by atoms with Gasteiger partial charge >= 0.3 is 11.9 Å². The lowest BCUT2D eigenvalue weighted by molar-refractivity contribution is -0.183. The number of halogens is 3. The molecule has 1 fully saturated rings. The summed E-state index contributed by atoms with van der Waals surface area (Å²) in [6.07, 6.45) is -3.01. The lowest BCUT2D eigenvalue weighted by atomic mass is 9.81. The Kier molecular flexibility index (Phi) is 2.77. The summed E-state index contributed by atoms with van der Waals surface area (Å²) < 4.78 is 42.2. The first-order valence-electron chi connectivity index (χ1n) is 5.09. The lowest BCUT2D eigenvalue weighted by Gasteiger charge is -2.28. The summed E-state index contributed by atoms with van der Waals surface area (Å²) in [6.45, 7) is 0. The van der Waals surface area contributed by atoms with Gasteiger partial charge in [-0.2, -0.15) is 13.2 Å². The Bertz CT molecular complexity index is 409. The van der Waals surface area contributed by atoms with Crippen LogP contribution in [0.3, 0.4) is 0 Å². The minimum Gasteiger partial charge on any atom is -0.392 e. The maximum Gasteiger partial charge on any atom is 0.434 e. The van der Waals surface area contributed by atoms with Crippen molar-refractivity contribution in [2.24, 2.45) is 5.92 Å². The molecule has 1 aromatic rings. The average molecular weight is 236 g/mol. The van der Waals surface area contributed by atoms with Gasteiger partial charge in [0, 0.05) is 5.92 Å². The van der Waals surface area contributed by atoms with Gasteiger partial charge in [0.1, 0.15) is 0 Å². The van der Waals surface area contributed by atoms with Crippen LogP contribution < -0.4 is 5.76 Å². The highest BCUT2D eigenvalue weighted by molar-refractivity contribution is 4.93. The van der Waals surface area contributed by atoms with Crippen molar-refractivity contribution >= 4 is 0 Å². The number of hydrogen-bond acceptors (Lipinski definition) is 3. The van der Waals surface area contributed by atoms with E-state index in [0.717, 1.165) is 0 Å². The van der Waals surface area contributed by atoms with E-state index in [1.165, 1.54) is 0 Å². The molecule has 0 aromatic carbocycles. The molecule has 16 heavy (non-hydrogen) atoms. The minimum absolute atomic E-state index is 0.0444. The minimum atomic E-state index is -4.17. The van der Waals surface area contributed by atoms with Gasteiger partial charge in [0.05, 0.1) is 5.92 Å². The largest absolute Gasteiger partial charge is 0.434 e. The molecule has 1 N–H and O–H groups in total. The maximum absolute atomic E-state index is 12.5. The summed E-state index contributed by atoms with van der Waals surface area (Å²) in [5.41, 5.74) is 0. The van der Waals surface area contributed by atoms with Crippen molar-refractivity contribution in [2.45, 2.75) is 37.8 Å². The van der Waals surface area contributed by atoms with Gasteiger partial charge in [-0.1, -0.05) is 6.42 Å². The van der Waals surface area contributed by atoms with Gasteiger partial charge in [-0.25, -0.2) is 9.89 Å². The molecule has 1 saturated carbocycles. The fraction of sp³-hybridized carbons (Fsp3) is 0.778. The van der Waals surface area contributed by atoms with E-state index >= 15 is 0 Å². The zero-order chi connectivity index (χ0) is 11.8. The molecule has 0 aliphatic heterocycles. The number of aromatic nitrogens is 2. The fourth-order valence-corrected chi connectivity index (χ4v) is 2.13. The van der Waals surface area contributed by atoms with E-state index in [0.29, 0.717) is 12.8 Å². The summed E-state index contributed by atoms with van der Waals surface area (Å²) in [6, 6.07) is 0. The lowest BCUT2D eigenvalue weighted by Crippen LogP contribution is -2.28. The van der Waals surface area contributed by atoms with Gasteiger partial charge in [-0.3, -0.25) is 0 Å². The molecule has 7 heteroatoms. The number of alkyl halides is 3. The zero-order valence-electron chi connectivity index (χ0n) is 8.38. The van der Waals surface area contributed by atoms with E-state index in [1.807, 2.05) is 0 Å². The first-order chi connectivity index (χ1) is 7.47. The highest BCUT2D eigenvalue weighted by Gasteiger charge is 2.43. The van der Waals surface area contributed by atoms with Crippen LogP contribution in [0.5, 0.6) is 0 Å². The summed E-state index contributed by atoms with van der Waals surface area (Å²) in [7, 11) is 0. The highest BCUT2D eigenvalue weighted by Crippen LogP contribution is 2.42. The Morgan fingerprint density at radius 3 is 2.69 bits per heavy atom. The number of nitrogens with one attached hydrogen (secondary N) is 1. The molecule has 1 heterocycles. The van der Waals surface area contributed by atoms with Gasteiger partial charge in [0.25, 0.3) is 0 Å². The molecule has 0 radical (unpaired) electrons. The van der Waals surface area contributed by atoms with Crippen molar-refractivity contribution in [1.29, 1.82) is 0 Å². The molecule has 2 unspecified atom stereocenters. The number of nitrogens with zero attached hydrogens (tertiary/aromatic N) is 1. The molecule has 0 bridgehead atoms. The SMILES string of the molecule is O=c1[nH]nc(C2CCCC(C(F)(F)F)C2)o1. The van der Waals surface area contributed by atoms with Gasteiger partial charge in [0.2, 0.25) is 5.89 Å². The number of hydrogen-bond donors (Lipinski definition) is 1. The molecule has 90 valence electrons. The second-order valence-corrected chi connectivity index (χ2v) is 4.05. The van der Waals surface area contributed by atoms with Gasteiger partial charge < -0.3 is 4.42 Å². The van der Waals surface area contributed by atoms with E-state index in [9.17, 15) is 18.0 Å². The van der Waals surface area contributed by atoms with Crippen LogP contribution in [-0.2, 0) is 0 Å². The van der Waals surface area contributed by atoms with Crippen molar-refractivity contribution < 1.29 is 17.6 Å². The van der Waals surface area contributed by atoms with Crippen molar-refractivity contribution in [3.8, 4) is 0 Å². The quantitative estimate of drug-likeness (QED) is 0.813. The number of aromatic amines is 1. The molecule has 1 aliphatic rings. The van der Waals surface area contributed by atoms with Crippen LogP contribution in [0.15, 0.2) is 9.21 Å². The molecular weight excluding hydrogens is 225 g/mol. The first-order valence-corrected chi connectivity index (χ1v) is 5.09. The van der Waals surface area contributed by atoms with E-state index in [1.54, 1.807) is 0 Å². The Morgan fingerprint density at radius 2 is 2.12 bits per heavy atom. The second-order valence-electron chi connectivity index (χ2n) is 4.05. The van der Waals surface area contributed by atoms with E-state index in [2.05, 4.69) is 10.2 Å². The summed E-state index contributed by atoms with van der Waals surface area (Å²) in [5.74, 6) is -2.34. The van der Waals surface area contributed by atoms with Crippen LogP contribution in [0.4, 0.5) is 13.2 Å². The molecule has 2 atom stereocenters. The Hall–Kier alpha value is -1.27. The third-order valence-electron chi connectivity index (χ3n) is 2.94. The van der Waals surface area contributed by atoms with E-state index in [-0.39, 0.29) is 18.7 Å². The fourth-order valence-electron chi connectivity index (χ4n) is 2.13. The van der Waals surface area contributed by atoms with E-state index in [4.69, 9.17) is 4.42 Å². The molecule has 0 saturated heterocycles. The maximum atomic E-state index is 12.5. The van der Waals surface area contributed by atoms with Crippen LogP contribution in [0.1, 0.15) is 37.5 Å². The van der Waals surface area contributed by atoms with Crippen molar-refractivity contribution in [3.63, 3.8) is 0 Å². The number of H-pyrrole nitrogens is 1. The molecule has 1 aromatic heterocycles. The van der Waals surface area contributed by atoms with Gasteiger partial charge in [-0.05, 0) is 19.3 Å². The predicted octanol–water partition coefficient (Wildman–Crippen LogP) is 2.20. The number of rotatable bonds is 1.